The van der Waals surface area contributed by atoms with Crippen molar-refractivity contribution in [2.75, 3.05) is 18.4 Å². The van der Waals surface area contributed by atoms with Crippen molar-refractivity contribution >= 4 is 22.8 Å². The van der Waals surface area contributed by atoms with Crippen LogP contribution in [-0.4, -0.2) is 50.8 Å². The zero-order valence-electron chi connectivity index (χ0n) is 18.2. The number of nitrogens with zero attached hydrogens (tertiary/aromatic N) is 3. The van der Waals surface area contributed by atoms with Gasteiger partial charge in [-0.15, -0.1) is 0 Å². The highest BCUT2D eigenvalue weighted by Crippen LogP contribution is 2.41. The molecule has 1 saturated carbocycles. The smallest absolute Gasteiger partial charge is 0.257 e. The van der Waals surface area contributed by atoms with Crippen molar-refractivity contribution < 1.29 is 13.6 Å². The summed E-state index contributed by atoms with van der Waals surface area (Å²) in [6.07, 6.45) is 5.19. The summed E-state index contributed by atoms with van der Waals surface area (Å²) in [5.74, 6) is -3.37. The van der Waals surface area contributed by atoms with Crippen molar-refractivity contribution in [2.45, 2.75) is 50.0 Å². The number of aromatic amines is 1. The lowest BCUT2D eigenvalue weighted by atomic mass is 9.87. The average Bonchev–Trinajstić information content (AvgIpc) is 3.64. The van der Waals surface area contributed by atoms with Gasteiger partial charge in [0.2, 0.25) is 11.5 Å². The zero-order valence-corrected chi connectivity index (χ0v) is 18.2. The van der Waals surface area contributed by atoms with E-state index in [9.17, 15) is 18.4 Å². The van der Waals surface area contributed by atoms with Gasteiger partial charge in [0.25, 0.3) is 5.92 Å². The van der Waals surface area contributed by atoms with Crippen molar-refractivity contribution in [1.82, 2.24) is 19.9 Å². The largest absolute Gasteiger partial charge is 0.329 e. The Kier molecular flexibility index (Phi) is 5.44. The standard InChI is InChI=1S/C24H25F2N5O2/c1-14(31-9-8-24(25,26)19(13-31)17-5-7-21(32)27-11-17)23(33)30-20-6-4-16-10-18(15-2-3-15)12-28-22(16)29-20/h4-7,10-12,14-15,19H,2-3,8-9,13H2,1H3,(H,27,32)(H,28,29,30,33). The average molecular weight is 453 g/mol. The topological polar surface area (TPSA) is 91.0 Å². The minimum atomic E-state index is -2.92. The Morgan fingerprint density at radius 2 is 2.06 bits per heavy atom. The number of nitrogens with one attached hydrogen (secondary N) is 2. The molecule has 2 N–H and O–H groups in total. The number of fused-ring (bicyclic) bond motifs is 1. The molecule has 0 aromatic carbocycles. The van der Waals surface area contributed by atoms with E-state index in [4.69, 9.17) is 0 Å². The Hall–Kier alpha value is -3.20. The number of likely N-dealkylation sites (tertiary alicyclic amines) is 1. The maximum atomic E-state index is 14.6. The molecule has 3 aromatic rings. The highest BCUT2D eigenvalue weighted by atomic mass is 19.3. The Bertz CT molecular complexity index is 1240. The Morgan fingerprint density at radius 1 is 1.24 bits per heavy atom. The lowest BCUT2D eigenvalue weighted by Gasteiger charge is -2.40. The molecule has 5 rings (SSSR count). The minimum Gasteiger partial charge on any atom is -0.329 e. The van der Waals surface area contributed by atoms with Crippen LogP contribution >= 0.6 is 0 Å². The van der Waals surface area contributed by atoms with Crippen LogP contribution in [0.15, 0.2) is 47.5 Å². The number of amides is 1. The monoisotopic (exact) mass is 453 g/mol. The normalized spacial score (nSPS) is 21.6. The SMILES string of the molecule is CC(C(=O)Nc1ccc2cc(C3CC3)cnc2n1)N1CCC(F)(F)C(c2ccc(=O)[nH]c2)C1. The van der Waals surface area contributed by atoms with Gasteiger partial charge < -0.3 is 10.3 Å². The van der Waals surface area contributed by atoms with Crippen LogP contribution in [0.5, 0.6) is 0 Å². The second kappa shape index (κ2) is 8.30. The van der Waals surface area contributed by atoms with Crippen molar-refractivity contribution in [1.29, 1.82) is 0 Å². The predicted molar refractivity (Wildman–Crippen MR) is 121 cm³/mol. The molecule has 3 aromatic heterocycles. The maximum Gasteiger partial charge on any atom is 0.257 e. The quantitative estimate of drug-likeness (QED) is 0.616. The molecule has 1 aliphatic carbocycles. The molecule has 0 radical (unpaired) electrons. The molecule has 1 saturated heterocycles. The van der Waals surface area contributed by atoms with Gasteiger partial charge in [0.15, 0.2) is 5.65 Å². The van der Waals surface area contributed by atoms with Gasteiger partial charge >= 0.3 is 0 Å². The fraction of sp³-hybridized carbons (Fsp3) is 0.417. The van der Waals surface area contributed by atoms with Gasteiger partial charge in [-0.1, -0.05) is 6.07 Å². The van der Waals surface area contributed by atoms with Crippen LogP contribution in [0.4, 0.5) is 14.6 Å². The maximum absolute atomic E-state index is 14.6. The molecular formula is C24H25F2N5O2. The van der Waals surface area contributed by atoms with E-state index in [1.165, 1.54) is 36.7 Å². The summed E-state index contributed by atoms with van der Waals surface area (Å²) in [5, 5.41) is 3.72. The van der Waals surface area contributed by atoms with Crippen LogP contribution in [0.1, 0.15) is 49.1 Å². The Morgan fingerprint density at radius 3 is 2.79 bits per heavy atom. The number of halogens is 2. The number of carbonyl (C=O) groups is 1. The molecule has 33 heavy (non-hydrogen) atoms. The molecule has 172 valence electrons. The summed E-state index contributed by atoms with van der Waals surface area (Å²) in [4.78, 5) is 37.3. The van der Waals surface area contributed by atoms with E-state index in [2.05, 4.69) is 26.3 Å². The molecule has 9 heteroatoms. The van der Waals surface area contributed by atoms with Gasteiger partial charge in [-0.25, -0.2) is 18.7 Å². The van der Waals surface area contributed by atoms with E-state index in [1.54, 1.807) is 17.9 Å². The summed E-state index contributed by atoms with van der Waals surface area (Å²) in [6, 6.07) is 7.74. The Balaban J connectivity index is 1.29. The van der Waals surface area contributed by atoms with Crippen LogP contribution in [-0.2, 0) is 4.79 Å². The minimum absolute atomic E-state index is 0.00424. The first-order valence-corrected chi connectivity index (χ1v) is 11.2. The van der Waals surface area contributed by atoms with Gasteiger partial charge in [-0.2, -0.15) is 0 Å². The fourth-order valence-electron chi connectivity index (χ4n) is 4.40. The van der Waals surface area contributed by atoms with Crippen molar-refractivity contribution in [3.63, 3.8) is 0 Å². The third-order valence-electron chi connectivity index (χ3n) is 6.66. The third kappa shape index (κ3) is 4.50. The van der Waals surface area contributed by atoms with E-state index >= 15 is 0 Å². The third-order valence-corrected chi connectivity index (χ3v) is 6.66. The lowest BCUT2D eigenvalue weighted by molar-refractivity contribution is -0.125. The van der Waals surface area contributed by atoms with Crippen molar-refractivity contribution in [3.8, 4) is 0 Å². The molecule has 1 aliphatic heterocycles. The van der Waals surface area contributed by atoms with Crippen LogP contribution in [0.25, 0.3) is 11.0 Å². The number of carbonyl (C=O) groups excluding carboxylic acids is 1. The first kappa shape index (κ1) is 21.6. The predicted octanol–water partition coefficient (Wildman–Crippen LogP) is 3.65. The molecule has 0 spiro atoms. The van der Waals surface area contributed by atoms with Crippen LogP contribution in [0, 0.1) is 0 Å². The first-order valence-electron chi connectivity index (χ1n) is 11.2. The number of rotatable bonds is 5. The van der Waals surface area contributed by atoms with Crippen molar-refractivity contribution in [2.24, 2.45) is 0 Å². The zero-order chi connectivity index (χ0) is 23.2. The molecule has 7 nitrogen and oxygen atoms in total. The van der Waals surface area contributed by atoms with Crippen LogP contribution in [0.2, 0.25) is 0 Å². The summed E-state index contributed by atoms with van der Waals surface area (Å²) in [7, 11) is 0. The molecule has 4 heterocycles. The van der Waals surface area contributed by atoms with Gasteiger partial charge in [0, 0.05) is 43.4 Å². The van der Waals surface area contributed by atoms with Gasteiger partial charge in [-0.05, 0) is 55.0 Å². The van der Waals surface area contributed by atoms with E-state index in [1.807, 2.05) is 12.3 Å². The number of piperidine rings is 1. The Labute approximate surface area is 189 Å². The van der Waals surface area contributed by atoms with Crippen LogP contribution < -0.4 is 10.9 Å². The molecule has 2 fully saturated rings. The first-order chi connectivity index (χ1) is 15.8. The molecule has 1 amide bonds. The van der Waals surface area contributed by atoms with E-state index in [-0.39, 0.29) is 31.0 Å². The van der Waals surface area contributed by atoms with E-state index in [0.29, 0.717) is 22.9 Å². The number of alkyl halides is 2. The number of aromatic nitrogens is 3. The molecule has 2 unspecified atom stereocenters. The van der Waals surface area contributed by atoms with Gasteiger partial charge in [-0.3, -0.25) is 14.5 Å². The second-order valence-corrected chi connectivity index (χ2v) is 9.00. The van der Waals surface area contributed by atoms with E-state index in [0.717, 1.165) is 5.39 Å². The van der Waals surface area contributed by atoms with Crippen LogP contribution in [0.3, 0.4) is 0 Å². The number of pyridine rings is 3. The fourth-order valence-corrected chi connectivity index (χ4v) is 4.40. The number of hydrogen-bond donors (Lipinski definition) is 2. The molecule has 0 bridgehead atoms. The second-order valence-electron chi connectivity index (χ2n) is 9.00. The lowest BCUT2D eigenvalue weighted by Crippen LogP contribution is -2.52. The highest BCUT2D eigenvalue weighted by molar-refractivity contribution is 5.94. The van der Waals surface area contributed by atoms with Gasteiger partial charge in [0.1, 0.15) is 5.82 Å². The number of H-pyrrole nitrogens is 1. The molecule has 2 atom stereocenters. The molecular weight excluding hydrogens is 428 g/mol. The summed E-state index contributed by atoms with van der Waals surface area (Å²) in [5.41, 5.74) is 1.78. The van der Waals surface area contributed by atoms with E-state index < -0.39 is 17.9 Å². The number of hydrogen-bond acceptors (Lipinski definition) is 5. The van der Waals surface area contributed by atoms with Gasteiger partial charge in [0.05, 0.1) is 12.0 Å². The summed E-state index contributed by atoms with van der Waals surface area (Å²) in [6.45, 7) is 1.80. The molecule has 2 aliphatic rings. The highest BCUT2D eigenvalue weighted by Gasteiger charge is 2.46. The number of anilines is 1. The summed E-state index contributed by atoms with van der Waals surface area (Å²) >= 11 is 0. The van der Waals surface area contributed by atoms with Crippen molar-refractivity contribution in [3.05, 3.63) is 64.2 Å². The summed E-state index contributed by atoms with van der Waals surface area (Å²) < 4.78 is 29.3.